The topological polar surface area (TPSA) is 20.7 Å². The molecule has 33 heavy (non-hydrogen) atoms. The molecule has 0 bridgehead atoms. The van der Waals surface area contributed by atoms with Crippen molar-refractivity contribution in [3.05, 3.63) is 109 Å². The van der Waals surface area contributed by atoms with Gasteiger partial charge in [0, 0.05) is 38.3 Å². The summed E-state index contributed by atoms with van der Waals surface area (Å²) in [7, 11) is 6.07. The number of para-hydroxylation sites is 2. The Morgan fingerprint density at radius 3 is 2.00 bits per heavy atom. The molecule has 0 aliphatic rings. The van der Waals surface area contributed by atoms with E-state index < -0.39 is 0 Å². The lowest BCUT2D eigenvalue weighted by Gasteiger charge is -2.08. The molecule has 0 unspecified atom stereocenters. The summed E-state index contributed by atoms with van der Waals surface area (Å²) in [6.07, 6.45) is 0. The Bertz CT molecular complexity index is 1820. The molecule has 1 N–H and O–H groups in total. The molecular weight excluding hydrogens is 399 g/mol. The summed E-state index contributed by atoms with van der Waals surface area (Å²) in [4.78, 5) is 3.50. The van der Waals surface area contributed by atoms with Crippen molar-refractivity contribution in [1.29, 1.82) is 0 Å². The summed E-state index contributed by atoms with van der Waals surface area (Å²) in [5.74, 6) is 0. The molecule has 0 amide bonds. The highest BCUT2D eigenvalue weighted by atomic mass is 15.0. The number of aromatic nitrogens is 2. The number of aromatic amines is 1. The first-order valence-electron chi connectivity index (χ1n) is 11.2. The Morgan fingerprint density at radius 2 is 1.15 bits per heavy atom. The fraction of sp³-hybridized carbons (Fsp3) is 0. The van der Waals surface area contributed by atoms with Crippen molar-refractivity contribution in [2.24, 2.45) is 0 Å². The van der Waals surface area contributed by atoms with Gasteiger partial charge in [0.05, 0.1) is 11.0 Å². The fourth-order valence-corrected chi connectivity index (χ4v) is 5.10. The zero-order chi connectivity index (χ0) is 21.9. The first kappa shape index (κ1) is 18.3. The highest BCUT2D eigenvalue weighted by Gasteiger charge is 2.13. The summed E-state index contributed by atoms with van der Waals surface area (Å²) >= 11 is 0. The molecule has 0 saturated heterocycles. The largest absolute Gasteiger partial charge is 0.355 e. The number of fused-ring (bicyclic) bond motifs is 6. The number of hydrogen-bond acceptors (Lipinski definition) is 0. The Hall–Kier alpha value is -4.24. The molecule has 3 heteroatoms. The second kappa shape index (κ2) is 6.88. The number of H-pyrrole nitrogens is 1. The van der Waals surface area contributed by atoms with Crippen LogP contribution in [0.2, 0.25) is 0 Å². The van der Waals surface area contributed by atoms with E-state index in [1.807, 2.05) is 6.07 Å². The maximum Gasteiger partial charge on any atom is 0.113 e. The van der Waals surface area contributed by atoms with E-state index in [1.54, 1.807) is 0 Å². The van der Waals surface area contributed by atoms with Crippen LogP contribution in [0, 0.1) is 0 Å². The maximum atomic E-state index is 6.07. The van der Waals surface area contributed by atoms with Crippen LogP contribution in [0.5, 0.6) is 0 Å². The molecule has 0 fully saturated rings. The quantitative estimate of drug-likeness (QED) is 0.296. The van der Waals surface area contributed by atoms with Crippen molar-refractivity contribution in [2.45, 2.75) is 0 Å². The minimum atomic E-state index is 0.781. The third-order valence-electron chi connectivity index (χ3n) is 6.64. The predicted octanol–water partition coefficient (Wildman–Crippen LogP) is 6.88. The Labute approximate surface area is 192 Å². The minimum absolute atomic E-state index is 0.781. The van der Waals surface area contributed by atoms with E-state index in [0.717, 1.165) is 21.9 Å². The molecular formula is C30H19BN2. The summed E-state index contributed by atoms with van der Waals surface area (Å²) in [6.45, 7) is 0. The predicted molar refractivity (Wildman–Crippen MR) is 141 cm³/mol. The second-order valence-corrected chi connectivity index (χ2v) is 8.61. The first-order valence-corrected chi connectivity index (χ1v) is 11.2. The Morgan fingerprint density at radius 1 is 0.515 bits per heavy atom. The smallest absolute Gasteiger partial charge is 0.113 e. The van der Waals surface area contributed by atoms with Gasteiger partial charge in [0.25, 0.3) is 0 Å². The zero-order valence-electron chi connectivity index (χ0n) is 17.9. The molecule has 0 aliphatic heterocycles. The molecule has 0 atom stereocenters. The van der Waals surface area contributed by atoms with Gasteiger partial charge in [0.1, 0.15) is 7.85 Å². The van der Waals surface area contributed by atoms with Crippen LogP contribution in [0.15, 0.2) is 109 Å². The molecule has 2 radical (unpaired) electrons. The van der Waals surface area contributed by atoms with Crippen molar-refractivity contribution >= 4 is 56.9 Å². The van der Waals surface area contributed by atoms with Gasteiger partial charge >= 0.3 is 0 Å². The van der Waals surface area contributed by atoms with Crippen molar-refractivity contribution < 1.29 is 0 Å². The number of nitrogens with one attached hydrogen (secondary N) is 1. The average molecular weight is 418 g/mol. The van der Waals surface area contributed by atoms with Crippen LogP contribution in [-0.4, -0.2) is 17.4 Å². The van der Waals surface area contributed by atoms with Gasteiger partial charge in [-0.05, 0) is 59.7 Å². The van der Waals surface area contributed by atoms with Crippen molar-refractivity contribution in [1.82, 2.24) is 9.55 Å². The van der Waals surface area contributed by atoms with Crippen LogP contribution < -0.4 is 5.46 Å². The number of benzene rings is 5. The molecule has 0 saturated carbocycles. The third kappa shape index (κ3) is 2.76. The first-order chi connectivity index (χ1) is 16.3. The zero-order valence-corrected chi connectivity index (χ0v) is 17.9. The molecule has 7 aromatic rings. The molecule has 0 spiro atoms. The van der Waals surface area contributed by atoms with Gasteiger partial charge in [-0.2, -0.15) is 0 Å². The summed E-state index contributed by atoms with van der Waals surface area (Å²) in [5, 5.41) is 4.88. The molecule has 5 aromatic carbocycles. The SMILES string of the molecule is [B]c1ccc2[nH]c3ccc(-c4ccc5c(c4)c4ccccc4n5-c4ccccc4)cc3c2c1. The molecule has 0 aliphatic carbocycles. The van der Waals surface area contributed by atoms with Crippen LogP contribution in [0.4, 0.5) is 0 Å². The van der Waals surface area contributed by atoms with Crippen molar-refractivity contribution in [2.75, 3.05) is 0 Å². The van der Waals surface area contributed by atoms with Gasteiger partial charge < -0.3 is 9.55 Å². The fourth-order valence-electron chi connectivity index (χ4n) is 5.10. The normalized spacial score (nSPS) is 11.8. The molecule has 2 aromatic heterocycles. The van der Waals surface area contributed by atoms with E-state index in [0.29, 0.717) is 0 Å². The monoisotopic (exact) mass is 418 g/mol. The number of hydrogen-bond donors (Lipinski definition) is 1. The maximum absolute atomic E-state index is 6.07. The molecule has 7 rings (SSSR count). The lowest BCUT2D eigenvalue weighted by atomic mass is 9.94. The van der Waals surface area contributed by atoms with E-state index in [1.165, 1.54) is 44.0 Å². The van der Waals surface area contributed by atoms with E-state index in [2.05, 4.69) is 113 Å². The Kier molecular flexibility index (Phi) is 3.83. The van der Waals surface area contributed by atoms with Crippen LogP contribution >= 0.6 is 0 Å². The summed E-state index contributed by atoms with van der Waals surface area (Å²) in [6, 6.07) is 38.7. The van der Waals surface area contributed by atoms with Crippen LogP contribution in [0.3, 0.4) is 0 Å². The number of rotatable bonds is 2. The lowest BCUT2D eigenvalue weighted by Crippen LogP contribution is -1.98. The van der Waals surface area contributed by atoms with Crippen molar-refractivity contribution in [3.63, 3.8) is 0 Å². The second-order valence-electron chi connectivity index (χ2n) is 8.61. The van der Waals surface area contributed by atoms with Gasteiger partial charge in [0.2, 0.25) is 0 Å². The summed E-state index contributed by atoms with van der Waals surface area (Å²) < 4.78 is 2.35. The van der Waals surface area contributed by atoms with Gasteiger partial charge in [-0.1, -0.05) is 66.1 Å². The lowest BCUT2D eigenvalue weighted by molar-refractivity contribution is 1.18. The van der Waals surface area contributed by atoms with Crippen molar-refractivity contribution in [3.8, 4) is 16.8 Å². The van der Waals surface area contributed by atoms with Gasteiger partial charge in [-0.15, -0.1) is 0 Å². The van der Waals surface area contributed by atoms with Crippen LogP contribution in [-0.2, 0) is 0 Å². The Balaban J connectivity index is 1.48. The van der Waals surface area contributed by atoms with E-state index in [9.17, 15) is 0 Å². The summed E-state index contributed by atoms with van der Waals surface area (Å²) in [5.41, 5.74) is 9.03. The van der Waals surface area contributed by atoms with Crippen LogP contribution in [0.1, 0.15) is 0 Å². The van der Waals surface area contributed by atoms with E-state index in [4.69, 9.17) is 7.85 Å². The van der Waals surface area contributed by atoms with Gasteiger partial charge in [0.15, 0.2) is 0 Å². The van der Waals surface area contributed by atoms with E-state index >= 15 is 0 Å². The van der Waals surface area contributed by atoms with Gasteiger partial charge in [-0.3, -0.25) is 0 Å². The highest BCUT2D eigenvalue weighted by molar-refractivity contribution is 6.33. The third-order valence-corrected chi connectivity index (χ3v) is 6.64. The van der Waals surface area contributed by atoms with Gasteiger partial charge in [-0.25, -0.2) is 0 Å². The van der Waals surface area contributed by atoms with Crippen LogP contribution in [0.25, 0.3) is 60.4 Å². The highest BCUT2D eigenvalue weighted by Crippen LogP contribution is 2.36. The standard InChI is InChI=1S/C30H19BN2/c31-21-12-14-28-25(18-21)24-16-19(10-13-27(24)32-28)20-11-15-30-26(17-20)23-8-4-5-9-29(23)33(30)22-6-2-1-3-7-22/h1-18,32H. The molecule has 2 nitrogen and oxygen atoms in total. The van der Waals surface area contributed by atoms with E-state index in [-0.39, 0.29) is 0 Å². The average Bonchev–Trinajstić information content (AvgIpc) is 3.39. The molecule has 152 valence electrons. The number of nitrogens with zero attached hydrogens (tertiary/aromatic N) is 1. The molecule has 2 heterocycles. The minimum Gasteiger partial charge on any atom is -0.355 e.